The number of amides is 2. The van der Waals surface area contributed by atoms with Gasteiger partial charge in [0, 0.05) is 30.8 Å². The van der Waals surface area contributed by atoms with Crippen LogP contribution in [-0.4, -0.2) is 49.4 Å². The highest BCUT2D eigenvalue weighted by atomic mass is 35.5. The number of rotatable bonds is 10. The van der Waals surface area contributed by atoms with Crippen LogP contribution >= 0.6 is 11.6 Å². The predicted molar refractivity (Wildman–Crippen MR) is 106 cm³/mol. The molecule has 2 rings (SSSR count). The number of aromatic nitrogens is 2. The van der Waals surface area contributed by atoms with E-state index in [-0.39, 0.29) is 47.7 Å². The molecule has 2 amide bonds. The molecule has 0 aliphatic heterocycles. The molecule has 1 aromatic heterocycles. The quantitative estimate of drug-likeness (QED) is 0.584. The zero-order valence-corrected chi connectivity index (χ0v) is 17.1. The van der Waals surface area contributed by atoms with Crippen molar-refractivity contribution in [3.8, 4) is 17.5 Å². The maximum absolute atomic E-state index is 13.3. The highest BCUT2D eigenvalue weighted by Crippen LogP contribution is 2.20. The zero-order chi connectivity index (χ0) is 22.1. The lowest BCUT2D eigenvalue weighted by Crippen LogP contribution is -2.31. The van der Waals surface area contributed by atoms with Gasteiger partial charge >= 0.3 is 0 Å². The first-order chi connectivity index (χ1) is 14.3. The molecule has 9 nitrogen and oxygen atoms in total. The van der Waals surface area contributed by atoms with Gasteiger partial charge in [0.05, 0.1) is 19.2 Å². The third-order valence-corrected chi connectivity index (χ3v) is 3.98. The SMILES string of the molecule is C=C(CCNC(=O)c1cc(OC)nnc1OC)NC(=O)COc1ccc(Cl)c(F)c1. The highest BCUT2D eigenvalue weighted by Gasteiger charge is 2.16. The molecule has 0 radical (unpaired) electrons. The number of hydrogen-bond donors (Lipinski definition) is 2. The molecule has 0 aliphatic rings. The first-order valence-electron chi connectivity index (χ1n) is 8.63. The standard InChI is InChI=1S/C19H20ClFN4O5/c1-11(23-16(26)10-30-12-4-5-14(20)15(21)8-12)6-7-22-18(27)13-9-17(28-2)24-25-19(13)29-3/h4-5,8-9H,1,6-7,10H2,2-3H3,(H,22,27)(H,23,26). The Morgan fingerprint density at radius 1 is 1.20 bits per heavy atom. The Morgan fingerprint density at radius 3 is 2.63 bits per heavy atom. The Morgan fingerprint density at radius 2 is 1.97 bits per heavy atom. The number of carbonyl (C=O) groups is 2. The molecule has 2 N–H and O–H groups in total. The van der Waals surface area contributed by atoms with Crippen LogP contribution < -0.4 is 24.8 Å². The van der Waals surface area contributed by atoms with Gasteiger partial charge in [-0.05, 0) is 12.1 Å². The highest BCUT2D eigenvalue weighted by molar-refractivity contribution is 6.30. The maximum Gasteiger partial charge on any atom is 0.262 e. The van der Waals surface area contributed by atoms with E-state index < -0.39 is 17.6 Å². The molecule has 160 valence electrons. The number of carbonyl (C=O) groups excluding carboxylic acids is 2. The largest absolute Gasteiger partial charge is 0.484 e. The first-order valence-corrected chi connectivity index (χ1v) is 9.01. The van der Waals surface area contributed by atoms with Crippen molar-refractivity contribution in [2.24, 2.45) is 0 Å². The second-order valence-corrected chi connectivity index (χ2v) is 6.24. The van der Waals surface area contributed by atoms with Crippen molar-refractivity contribution in [3.05, 3.63) is 52.9 Å². The fourth-order valence-electron chi connectivity index (χ4n) is 2.21. The fourth-order valence-corrected chi connectivity index (χ4v) is 2.33. The van der Waals surface area contributed by atoms with Crippen LogP contribution in [0.5, 0.6) is 17.5 Å². The average molecular weight is 439 g/mol. The van der Waals surface area contributed by atoms with E-state index in [1.807, 2.05) is 0 Å². The fraction of sp³-hybridized carbons (Fsp3) is 0.263. The molecule has 0 bridgehead atoms. The molecular weight excluding hydrogens is 419 g/mol. The van der Waals surface area contributed by atoms with Gasteiger partial charge in [0.2, 0.25) is 11.8 Å². The van der Waals surface area contributed by atoms with Crippen LogP contribution in [0.25, 0.3) is 0 Å². The molecule has 11 heteroatoms. The lowest BCUT2D eigenvalue weighted by molar-refractivity contribution is -0.122. The molecule has 0 spiro atoms. The first kappa shape index (κ1) is 22.9. The number of methoxy groups -OCH3 is 2. The summed E-state index contributed by atoms with van der Waals surface area (Å²) in [7, 11) is 2.77. The van der Waals surface area contributed by atoms with Gasteiger partial charge in [-0.3, -0.25) is 9.59 Å². The van der Waals surface area contributed by atoms with Crippen molar-refractivity contribution < 1.29 is 28.2 Å². The summed E-state index contributed by atoms with van der Waals surface area (Å²) in [6, 6.07) is 5.25. The normalized spacial score (nSPS) is 10.1. The molecule has 30 heavy (non-hydrogen) atoms. The average Bonchev–Trinajstić information content (AvgIpc) is 2.73. The van der Waals surface area contributed by atoms with Crippen LogP contribution in [-0.2, 0) is 4.79 Å². The lowest BCUT2D eigenvalue weighted by atomic mass is 10.2. The van der Waals surface area contributed by atoms with Crippen molar-refractivity contribution in [2.75, 3.05) is 27.4 Å². The van der Waals surface area contributed by atoms with Gasteiger partial charge in [-0.25, -0.2) is 4.39 Å². The monoisotopic (exact) mass is 438 g/mol. The van der Waals surface area contributed by atoms with E-state index in [0.717, 1.165) is 6.07 Å². The van der Waals surface area contributed by atoms with E-state index in [9.17, 15) is 14.0 Å². The van der Waals surface area contributed by atoms with Crippen molar-refractivity contribution in [1.82, 2.24) is 20.8 Å². The van der Waals surface area contributed by atoms with E-state index in [2.05, 4.69) is 27.4 Å². The van der Waals surface area contributed by atoms with E-state index in [1.165, 1.54) is 32.4 Å². The molecule has 0 unspecified atom stereocenters. The summed E-state index contributed by atoms with van der Waals surface area (Å²) < 4.78 is 28.5. The van der Waals surface area contributed by atoms with Crippen LogP contribution in [0.3, 0.4) is 0 Å². The van der Waals surface area contributed by atoms with Crippen molar-refractivity contribution in [3.63, 3.8) is 0 Å². The Labute approximate surface area is 177 Å². The van der Waals surface area contributed by atoms with Crippen molar-refractivity contribution >= 4 is 23.4 Å². The summed E-state index contributed by atoms with van der Waals surface area (Å²) >= 11 is 5.58. The molecular formula is C19H20ClFN4O5. The minimum atomic E-state index is -0.645. The Kier molecular flexibility index (Phi) is 8.36. The maximum atomic E-state index is 13.3. The Bertz CT molecular complexity index is 941. The van der Waals surface area contributed by atoms with Crippen LogP contribution in [0.2, 0.25) is 5.02 Å². The van der Waals surface area contributed by atoms with E-state index in [0.29, 0.717) is 5.70 Å². The van der Waals surface area contributed by atoms with Gasteiger partial charge in [0.1, 0.15) is 17.1 Å². The molecule has 2 aromatic rings. The minimum Gasteiger partial charge on any atom is -0.484 e. The van der Waals surface area contributed by atoms with Crippen LogP contribution in [0.1, 0.15) is 16.8 Å². The zero-order valence-electron chi connectivity index (χ0n) is 16.3. The number of hydrogen-bond acceptors (Lipinski definition) is 7. The smallest absolute Gasteiger partial charge is 0.262 e. The summed E-state index contributed by atoms with van der Waals surface area (Å²) in [6.45, 7) is 3.57. The summed E-state index contributed by atoms with van der Waals surface area (Å²) in [5, 5.41) is 12.6. The third-order valence-electron chi connectivity index (χ3n) is 3.67. The number of benzene rings is 1. The van der Waals surface area contributed by atoms with Gasteiger partial charge in [-0.1, -0.05) is 18.2 Å². The van der Waals surface area contributed by atoms with Crippen LogP contribution in [0, 0.1) is 5.82 Å². The van der Waals surface area contributed by atoms with Gasteiger partial charge in [-0.15, -0.1) is 10.2 Å². The third kappa shape index (κ3) is 6.59. The molecule has 0 saturated carbocycles. The summed E-state index contributed by atoms with van der Waals surface area (Å²) in [5.74, 6) is -1.19. The minimum absolute atomic E-state index is 0.0409. The van der Waals surface area contributed by atoms with Crippen LogP contribution in [0.15, 0.2) is 36.5 Å². The number of nitrogens with one attached hydrogen (secondary N) is 2. The molecule has 1 aromatic carbocycles. The van der Waals surface area contributed by atoms with E-state index in [4.69, 9.17) is 25.8 Å². The number of ether oxygens (including phenoxy) is 3. The lowest BCUT2D eigenvalue weighted by Gasteiger charge is -2.11. The molecule has 1 heterocycles. The molecule has 0 fully saturated rings. The Hall–Kier alpha value is -3.40. The van der Waals surface area contributed by atoms with E-state index in [1.54, 1.807) is 0 Å². The van der Waals surface area contributed by atoms with Gasteiger partial charge in [0.15, 0.2) is 6.61 Å². The van der Waals surface area contributed by atoms with Crippen molar-refractivity contribution in [1.29, 1.82) is 0 Å². The summed E-state index contributed by atoms with van der Waals surface area (Å²) in [5.41, 5.74) is 0.520. The number of nitrogens with zero attached hydrogens (tertiary/aromatic N) is 2. The van der Waals surface area contributed by atoms with Gasteiger partial charge in [0.25, 0.3) is 11.8 Å². The summed E-state index contributed by atoms with van der Waals surface area (Å²) in [6.07, 6.45) is 0.269. The molecule has 0 aliphatic carbocycles. The van der Waals surface area contributed by atoms with Crippen molar-refractivity contribution in [2.45, 2.75) is 6.42 Å². The van der Waals surface area contributed by atoms with Gasteiger partial charge in [-0.2, -0.15) is 0 Å². The number of halogens is 2. The Balaban J connectivity index is 1.77. The predicted octanol–water partition coefficient (Wildman–Crippen LogP) is 2.12. The molecule has 0 atom stereocenters. The topological polar surface area (TPSA) is 112 Å². The van der Waals surface area contributed by atoms with Gasteiger partial charge < -0.3 is 24.8 Å². The van der Waals surface area contributed by atoms with Crippen LogP contribution in [0.4, 0.5) is 4.39 Å². The second kappa shape index (κ2) is 11.0. The summed E-state index contributed by atoms with van der Waals surface area (Å²) in [4.78, 5) is 24.2. The second-order valence-electron chi connectivity index (χ2n) is 5.83. The molecule has 0 saturated heterocycles. The van der Waals surface area contributed by atoms with E-state index >= 15 is 0 Å².